The molecule has 1 N–H and O–H groups in total. The lowest BCUT2D eigenvalue weighted by molar-refractivity contribution is -0.119. The topological polar surface area (TPSA) is 86.1 Å². The van der Waals surface area contributed by atoms with E-state index >= 15 is 0 Å². The van der Waals surface area contributed by atoms with Crippen LogP contribution in [0.4, 0.5) is 5.69 Å². The standard InChI is InChI=1S/C17H13ClN4O3S3/c1-27-16-21-22(17(26)28-16)11-6-4-10(5-7-11)15(24)25-9-13(23)20-12-3-2-8-19-14(12)18/h2-8H,9H2,1H3,(H,20,23). The molecular weight excluding hydrogens is 440 g/mol. The Labute approximate surface area is 178 Å². The number of ether oxygens (including phenoxy) is 1. The van der Waals surface area contributed by atoms with Crippen LogP contribution in [0.5, 0.6) is 0 Å². The molecule has 0 unspecified atom stereocenters. The summed E-state index contributed by atoms with van der Waals surface area (Å²) in [7, 11) is 0. The molecule has 2 heterocycles. The van der Waals surface area contributed by atoms with Gasteiger partial charge in [-0.05, 0) is 54.9 Å². The molecule has 0 atom stereocenters. The second-order valence-electron chi connectivity index (χ2n) is 5.26. The molecule has 0 fully saturated rings. The van der Waals surface area contributed by atoms with Crippen LogP contribution >= 0.6 is 46.9 Å². The van der Waals surface area contributed by atoms with Crippen molar-refractivity contribution in [2.24, 2.45) is 0 Å². The number of anilines is 1. The van der Waals surface area contributed by atoms with Gasteiger partial charge < -0.3 is 10.1 Å². The lowest BCUT2D eigenvalue weighted by Crippen LogP contribution is -2.21. The first-order valence-electron chi connectivity index (χ1n) is 7.80. The van der Waals surface area contributed by atoms with E-state index in [2.05, 4.69) is 15.4 Å². The first kappa shape index (κ1) is 20.5. The lowest BCUT2D eigenvalue weighted by Gasteiger charge is -2.08. The van der Waals surface area contributed by atoms with E-state index in [9.17, 15) is 9.59 Å². The number of pyridine rings is 1. The van der Waals surface area contributed by atoms with Crippen molar-refractivity contribution < 1.29 is 14.3 Å². The van der Waals surface area contributed by atoms with Crippen LogP contribution in [-0.2, 0) is 9.53 Å². The van der Waals surface area contributed by atoms with Crippen LogP contribution in [0.2, 0.25) is 5.15 Å². The van der Waals surface area contributed by atoms with Crippen molar-refractivity contribution in [3.8, 4) is 5.69 Å². The smallest absolute Gasteiger partial charge is 0.338 e. The fourth-order valence-electron chi connectivity index (χ4n) is 2.13. The number of aromatic nitrogens is 3. The SMILES string of the molecule is CSc1nn(-c2ccc(C(=O)OCC(=O)Nc3cccnc3Cl)cc2)c(=S)s1. The third-order valence-corrected chi connectivity index (χ3v) is 5.93. The molecule has 0 spiro atoms. The predicted molar refractivity (Wildman–Crippen MR) is 112 cm³/mol. The average molecular weight is 453 g/mol. The zero-order valence-electron chi connectivity index (χ0n) is 14.4. The molecule has 1 amide bonds. The highest BCUT2D eigenvalue weighted by molar-refractivity contribution is 8.00. The van der Waals surface area contributed by atoms with Crippen LogP contribution in [0, 0.1) is 3.95 Å². The molecule has 3 aromatic rings. The van der Waals surface area contributed by atoms with Crippen molar-refractivity contribution in [2.75, 3.05) is 18.2 Å². The molecule has 7 nitrogen and oxygen atoms in total. The molecule has 0 radical (unpaired) electrons. The maximum Gasteiger partial charge on any atom is 0.338 e. The van der Waals surface area contributed by atoms with Crippen molar-refractivity contribution in [2.45, 2.75) is 4.34 Å². The molecule has 1 aromatic carbocycles. The van der Waals surface area contributed by atoms with Crippen LogP contribution < -0.4 is 5.32 Å². The largest absolute Gasteiger partial charge is 0.452 e. The second-order valence-corrected chi connectivity index (χ2v) is 8.30. The Morgan fingerprint density at radius 1 is 1.32 bits per heavy atom. The number of nitrogens with one attached hydrogen (secondary N) is 1. The zero-order chi connectivity index (χ0) is 20.1. The van der Waals surface area contributed by atoms with Gasteiger partial charge in [-0.1, -0.05) is 34.7 Å². The van der Waals surface area contributed by atoms with Gasteiger partial charge in [0.15, 0.2) is 20.1 Å². The van der Waals surface area contributed by atoms with Gasteiger partial charge in [-0.3, -0.25) is 4.79 Å². The molecular formula is C17H13ClN4O3S3. The van der Waals surface area contributed by atoms with E-state index < -0.39 is 18.5 Å². The third kappa shape index (κ3) is 4.96. The van der Waals surface area contributed by atoms with E-state index in [4.69, 9.17) is 28.6 Å². The summed E-state index contributed by atoms with van der Waals surface area (Å²) < 4.78 is 8.14. The maximum absolute atomic E-state index is 12.1. The summed E-state index contributed by atoms with van der Waals surface area (Å²) in [6, 6.07) is 9.84. The van der Waals surface area contributed by atoms with Crippen molar-refractivity contribution >= 4 is 64.5 Å². The highest BCUT2D eigenvalue weighted by Crippen LogP contribution is 2.22. The van der Waals surface area contributed by atoms with Gasteiger partial charge in [0.25, 0.3) is 5.91 Å². The highest BCUT2D eigenvalue weighted by Gasteiger charge is 2.12. The summed E-state index contributed by atoms with van der Waals surface area (Å²) in [5, 5.41) is 7.07. The minimum Gasteiger partial charge on any atom is -0.452 e. The van der Waals surface area contributed by atoms with Gasteiger partial charge in [-0.15, -0.1) is 5.10 Å². The van der Waals surface area contributed by atoms with Crippen LogP contribution in [0.15, 0.2) is 46.9 Å². The highest BCUT2D eigenvalue weighted by atomic mass is 35.5. The summed E-state index contributed by atoms with van der Waals surface area (Å²) in [5.74, 6) is -1.14. The first-order valence-corrected chi connectivity index (χ1v) is 10.6. The number of nitrogens with zero attached hydrogens (tertiary/aromatic N) is 3. The lowest BCUT2D eigenvalue weighted by atomic mass is 10.2. The van der Waals surface area contributed by atoms with Gasteiger partial charge in [0.2, 0.25) is 0 Å². The summed E-state index contributed by atoms with van der Waals surface area (Å²) in [6.45, 7) is -0.444. The number of halogens is 1. The van der Waals surface area contributed by atoms with Gasteiger partial charge in [0, 0.05) is 6.20 Å². The number of hydrogen-bond acceptors (Lipinski definition) is 8. The number of carbonyl (C=O) groups excluding carboxylic acids is 2. The summed E-state index contributed by atoms with van der Waals surface area (Å²) in [4.78, 5) is 27.9. The second kappa shape index (κ2) is 9.28. The molecule has 0 aliphatic rings. The van der Waals surface area contributed by atoms with E-state index in [1.54, 1.807) is 41.1 Å². The molecule has 0 bridgehead atoms. The Kier molecular flexibility index (Phi) is 6.79. The number of rotatable bonds is 6. The van der Waals surface area contributed by atoms with Crippen LogP contribution in [0.3, 0.4) is 0 Å². The molecule has 11 heteroatoms. The fourth-order valence-corrected chi connectivity index (χ4v) is 4.07. The van der Waals surface area contributed by atoms with Gasteiger partial charge in [0.1, 0.15) is 0 Å². The first-order chi connectivity index (χ1) is 13.5. The Morgan fingerprint density at radius 3 is 2.71 bits per heavy atom. The average Bonchev–Trinajstić information content (AvgIpc) is 3.09. The Bertz CT molecular complexity index is 1070. The Balaban J connectivity index is 1.60. The molecule has 28 heavy (non-hydrogen) atoms. The van der Waals surface area contributed by atoms with Crippen molar-refractivity contribution in [1.29, 1.82) is 0 Å². The summed E-state index contributed by atoms with van der Waals surface area (Å²) in [5.41, 5.74) is 1.39. The number of benzene rings is 1. The molecule has 0 saturated heterocycles. The van der Waals surface area contributed by atoms with Crippen molar-refractivity contribution in [3.05, 3.63) is 57.3 Å². The Hall–Kier alpha value is -2.27. The van der Waals surface area contributed by atoms with Crippen molar-refractivity contribution in [1.82, 2.24) is 14.8 Å². The molecule has 144 valence electrons. The van der Waals surface area contributed by atoms with E-state index in [0.717, 1.165) is 10.0 Å². The van der Waals surface area contributed by atoms with E-state index in [0.29, 0.717) is 15.2 Å². The van der Waals surface area contributed by atoms with Gasteiger partial charge in [-0.25, -0.2) is 14.5 Å². The predicted octanol–water partition coefficient (Wildman–Crippen LogP) is 4.23. The number of carbonyl (C=O) groups is 2. The quantitative estimate of drug-likeness (QED) is 0.259. The molecule has 0 aliphatic heterocycles. The molecule has 0 aliphatic carbocycles. The van der Waals surface area contributed by atoms with Gasteiger partial charge in [-0.2, -0.15) is 0 Å². The van der Waals surface area contributed by atoms with Gasteiger partial charge >= 0.3 is 5.97 Å². The Morgan fingerprint density at radius 2 is 2.07 bits per heavy atom. The minimum atomic E-state index is -0.620. The van der Waals surface area contributed by atoms with Crippen LogP contribution in [0.1, 0.15) is 10.4 Å². The number of amides is 1. The van der Waals surface area contributed by atoms with Gasteiger partial charge in [0.05, 0.1) is 16.9 Å². The number of thioether (sulfide) groups is 1. The van der Waals surface area contributed by atoms with E-state index in [-0.39, 0.29) is 5.15 Å². The maximum atomic E-state index is 12.1. The van der Waals surface area contributed by atoms with Crippen molar-refractivity contribution in [3.63, 3.8) is 0 Å². The molecule has 2 aromatic heterocycles. The summed E-state index contributed by atoms with van der Waals surface area (Å²) in [6.07, 6.45) is 3.43. The summed E-state index contributed by atoms with van der Waals surface area (Å²) >= 11 is 14.1. The molecule has 0 saturated carbocycles. The van der Waals surface area contributed by atoms with Crippen LogP contribution in [0.25, 0.3) is 5.69 Å². The van der Waals surface area contributed by atoms with Crippen LogP contribution in [-0.4, -0.2) is 39.5 Å². The fraction of sp³-hybridized carbons (Fsp3) is 0.118. The zero-order valence-corrected chi connectivity index (χ0v) is 17.6. The number of hydrogen-bond donors (Lipinski definition) is 1. The van der Waals surface area contributed by atoms with E-state index in [1.165, 1.54) is 29.3 Å². The third-order valence-electron chi connectivity index (χ3n) is 3.42. The minimum absolute atomic E-state index is 0.156. The molecule has 3 rings (SSSR count). The monoisotopic (exact) mass is 452 g/mol. The number of esters is 1. The van der Waals surface area contributed by atoms with E-state index in [1.807, 2.05) is 6.26 Å². The normalized spacial score (nSPS) is 10.5.